The van der Waals surface area contributed by atoms with Gasteiger partial charge in [0.05, 0.1) is 0 Å². The van der Waals surface area contributed by atoms with Gasteiger partial charge in [0, 0.05) is 16.9 Å². The van der Waals surface area contributed by atoms with E-state index in [2.05, 4.69) is 16.6 Å². The zero-order chi connectivity index (χ0) is 23.1. The first-order chi connectivity index (χ1) is 14.5. The molecule has 0 saturated heterocycles. The van der Waals surface area contributed by atoms with Gasteiger partial charge in [0.1, 0.15) is 11.5 Å². The summed E-state index contributed by atoms with van der Waals surface area (Å²) in [4.78, 5) is 12.2. The van der Waals surface area contributed by atoms with E-state index in [-0.39, 0.29) is 5.75 Å². The third-order valence-electron chi connectivity index (χ3n) is 4.06. The first-order valence-electron chi connectivity index (χ1n) is 9.47. The quantitative estimate of drug-likeness (QED) is 0.300. The first kappa shape index (κ1) is 24.5. The van der Waals surface area contributed by atoms with Gasteiger partial charge in [-0.15, -0.1) is 24.9 Å². The lowest BCUT2D eigenvalue weighted by Gasteiger charge is -2.23. The molecule has 31 heavy (non-hydrogen) atoms. The van der Waals surface area contributed by atoms with Gasteiger partial charge >= 0.3 is 12.3 Å². The number of carboxylic acids is 1. The Morgan fingerprint density at radius 3 is 2.35 bits per heavy atom. The molecule has 0 unspecified atom stereocenters. The molecule has 0 heterocycles. The maximum atomic E-state index is 12.1. The van der Waals surface area contributed by atoms with E-state index in [4.69, 9.17) is 4.74 Å². The van der Waals surface area contributed by atoms with Crippen LogP contribution in [-0.2, 0) is 4.79 Å². The van der Waals surface area contributed by atoms with Crippen LogP contribution in [0.2, 0.25) is 0 Å². The molecule has 0 aliphatic heterocycles. The van der Waals surface area contributed by atoms with Gasteiger partial charge < -0.3 is 14.6 Å². The standard InChI is InChI=1S/C23H23F3O4S/c1-16-15-19(12-13-20(16)30-22(2,3)21(27)28)31-14-6-4-5-7-17-8-10-18(11-9-17)29-23(24,25)26/h8-13,15H,4,6,14H2,1-3H3,(H,27,28). The summed E-state index contributed by atoms with van der Waals surface area (Å²) in [5.74, 6) is 6.01. The molecule has 0 spiro atoms. The predicted molar refractivity (Wildman–Crippen MR) is 113 cm³/mol. The van der Waals surface area contributed by atoms with Crippen LogP contribution >= 0.6 is 11.8 Å². The molecule has 4 nitrogen and oxygen atoms in total. The minimum Gasteiger partial charge on any atom is -0.478 e. The number of hydrogen-bond donors (Lipinski definition) is 1. The lowest BCUT2D eigenvalue weighted by atomic mass is 10.1. The number of carbonyl (C=O) groups is 1. The molecule has 0 atom stereocenters. The maximum absolute atomic E-state index is 12.1. The van der Waals surface area contributed by atoms with E-state index in [1.165, 1.54) is 38.1 Å². The van der Waals surface area contributed by atoms with Crippen molar-refractivity contribution in [2.45, 2.75) is 50.5 Å². The van der Waals surface area contributed by atoms with Gasteiger partial charge in [0.15, 0.2) is 5.60 Å². The molecular formula is C23H23F3O4S. The number of rotatable bonds is 8. The summed E-state index contributed by atoms with van der Waals surface area (Å²) in [6.45, 7) is 4.88. The number of aryl methyl sites for hydroxylation is 1. The zero-order valence-corrected chi connectivity index (χ0v) is 18.2. The highest BCUT2D eigenvalue weighted by Crippen LogP contribution is 2.29. The molecule has 0 aromatic heterocycles. The highest BCUT2D eigenvalue weighted by molar-refractivity contribution is 7.99. The van der Waals surface area contributed by atoms with Crippen LogP contribution in [-0.4, -0.2) is 28.8 Å². The van der Waals surface area contributed by atoms with Crippen molar-refractivity contribution in [3.63, 3.8) is 0 Å². The topological polar surface area (TPSA) is 55.8 Å². The van der Waals surface area contributed by atoms with Crippen LogP contribution in [0.5, 0.6) is 11.5 Å². The maximum Gasteiger partial charge on any atom is 0.573 e. The fourth-order valence-corrected chi connectivity index (χ4v) is 3.35. The van der Waals surface area contributed by atoms with Crippen LogP contribution < -0.4 is 9.47 Å². The van der Waals surface area contributed by atoms with Crippen LogP contribution in [0.25, 0.3) is 0 Å². The number of carboxylic acid groups (broad SMARTS) is 1. The van der Waals surface area contributed by atoms with E-state index in [0.717, 1.165) is 22.6 Å². The molecule has 2 rings (SSSR count). The lowest BCUT2D eigenvalue weighted by Crippen LogP contribution is -2.38. The van der Waals surface area contributed by atoms with E-state index in [9.17, 15) is 23.1 Å². The van der Waals surface area contributed by atoms with Crippen LogP contribution in [0, 0.1) is 18.8 Å². The van der Waals surface area contributed by atoms with Crippen LogP contribution in [0.15, 0.2) is 47.4 Å². The molecule has 2 aromatic rings. The molecule has 8 heteroatoms. The fourth-order valence-electron chi connectivity index (χ4n) is 2.40. The molecule has 1 N–H and O–H groups in total. The van der Waals surface area contributed by atoms with Crippen molar-refractivity contribution >= 4 is 17.7 Å². The zero-order valence-electron chi connectivity index (χ0n) is 17.4. The van der Waals surface area contributed by atoms with Gasteiger partial charge in [-0.05, 0) is 81.0 Å². The highest BCUT2D eigenvalue weighted by atomic mass is 32.2. The summed E-state index contributed by atoms with van der Waals surface area (Å²) >= 11 is 1.66. The Morgan fingerprint density at radius 2 is 1.77 bits per heavy atom. The number of unbranched alkanes of at least 4 members (excludes halogenated alkanes) is 1. The molecule has 0 amide bonds. The Kier molecular flexibility index (Phi) is 8.28. The van der Waals surface area contributed by atoms with Gasteiger partial charge in [-0.25, -0.2) is 4.79 Å². The number of alkyl halides is 3. The Labute approximate surface area is 183 Å². The van der Waals surface area contributed by atoms with Gasteiger partial charge in [-0.1, -0.05) is 11.8 Å². The number of aliphatic carboxylic acids is 1. The van der Waals surface area contributed by atoms with E-state index in [0.29, 0.717) is 17.7 Å². The van der Waals surface area contributed by atoms with Crippen molar-refractivity contribution in [1.29, 1.82) is 0 Å². The van der Waals surface area contributed by atoms with Crippen molar-refractivity contribution in [3.8, 4) is 23.3 Å². The second-order valence-corrected chi connectivity index (χ2v) is 8.34. The van der Waals surface area contributed by atoms with E-state index >= 15 is 0 Å². The van der Waals surface area contributed by atoms with Crippen molar-refractivity contribution in [2.75, 3.05) is 5.75 Å². The monoisotopic (exact) mass is 452 g/mol. The first-order valence-corrected chi connectivity index (χ1v) is 10.5. The number of hydrogen-bond acceptors (Lipinski definition) is 4. The number of halogens is 3. The van der Waals surface area contributed by atoms with E-state index < -0.39 is 17.9 Å². The number of benzene rings is 2. The van der Waals surface area contributed by atoms with E-state index in [1.807, 2.05) is 19.1 Å². The second kappa shape index (κ2) is 10.5. The largest absolute Gasteiger partial charge is 0.573 e. The molecule has 0 radical (unpaired) electrons. The Morgan fingerprint density at radius 1 is 1.10 bits per heavy atom. The van der Waals surface area contributed by atoms with Crippen LogP contribution in [0.4, 0.5) is 13.2 Å². The summed E-state index contributed by atoms with van der Waals surface area (Å²) < 4.78 is 45.8. The smallest absolute Gasteiger partial charge is 0.478 e. The highest BCUT2D eigenvalue weighted by Gasteiger charge is 2.31. The van der Waals surface area contributed by atoms with Crippen molar-refractivity contribution < 1.29 is 32.5 Å². The molecule has 2 aromatic carbocycles. The van der Waals surface area contributed by atoms with Crippen molar-refractivity contribution in [2.24, 2.45) is 0 Å². The normalized spacial score (nSPS) is 11.4. The fraction of sp³-hybridized carbons (Fsp3) is 0.348. The van der Waals surface area contributed by atoms with Gasteiger partial charge in [-0.3, -0.25) is 0 Å². The van der Waals surface area contributed by atoms with Gasteiger partial charge in [0.25, 0.3) is 0 Å². The third kappa shape index (κ3) is 8.46. The summed E-state index contributed by atoms with van der Waals surface area (Å²) in [5.41, 5.74) is 0.179. The number of thioether (sulfide) groups is 1. The Hall–Kier alpha value is -2.79. The average Bonchev–Trinajstić information content (AvgIpc) is 2.66. The molecule has 0 aliphatic rings. The Balaban J connectivity index is 1.78. The van der Waals surface area contributed by atoms with Crippen LogP contribution in [0.3, 0.4) is 0 Å². The molecule has 166 valence electrons. The summed E-state index contributed by atoms with van der Waals surface area (Å²) in [6, 6.07) is 11.1. The van der Waals surface area contributed by atoms with Crippen LogP contribution in [0.1, 0.15) is 37.8 Å². The molecule has 0 fully saturated rings. The SMILES string of the molecule is Cc1cc(SCCCC#Cc2ccc(OC(F)(F)F)cc2)ccc1OC(C)(C)C(=O)O. The van der Waals surface area contributed by atoms with Crippen molar-refractivity contribution in [1.82, 2.24) is 0 Å². The molecule has 0 aliphatic carbocycles. The minimum absolute atomic E-state index is 0.271. The summed E-state index contributed by atoms with van der Waals surface area (Å²) in [6.07, 6.45) is -3.21. The predicted octanol–water partition coefficient (Wildman–Crippen LogP) is 6.06. The summed E-state index contributed by atoms with van der Waals surface area (Å²) in [5, 5.41) is 9.17. The molecular weight excluding hydrogens is 429 g/mol. The Bertz CT molecular complexity index is 958. The molecule has 0 bridgehead atoms. The van der Waals surface area contributed by atoms with Crippen molar-refractivity contribution in [3.05, 3.63) is 53.6 Å². The van der Waals surface area contributed by atoms with E-state index in [1.54, 1.807) is 17.8 Å². The summed E-state index contributed by atoms with van der Waals surface area (Å²) in [7, 11) is 0. The van der Waals surface area contributed by atoms with Gasteiger partial charge in [-0.2, -0.15) is 0 Å². The lowest BCUT2D eigenvalue weighted by molar-refractivity contribution is -0.274. The number of ether oxygens (including phenoxy) is 2. The minimum atomic E-state index is -4.70. The van der Waals surface area contributed by atoms with Gasteiger partial charge in [0.2, 0.25) is 0 Å². The average molecular weight is 452 g/mol. The second-order valence-electron chi connectivity index (χ2n) is 7.17. The third-order valence-corrected chi connectivity index (χ3v) is 5.14. The molecule has 0 saturated carbocycles.